The van der Waals surface area contributed by atoms with Crippen molar-refractivity contribution in [3.8, 4) is 0 Å². The van der Waals surface area contributed by atoms with Crippen LogP contribution in [-0.4, -0.2) is 29.2 Å². The van der Waals surface area contributed by atoms with E-state index in [1.165, 1.54) is 0 Å². The Balaban J connectivity index is 0.000000310. The van der Waals surface area contributed by atoms with Crippen molar-refractivity contribution in [3.63, 3.8) is 0 Å². The normalized spacial score (nSPS) is 10.0. The van der Waals surface area contributed by atoms with Crippen LogP contribution in [0.15, 0.2) is 21.9 Å². The molecule has 0 aromatic carbocycles. The van der Waals surface area contributed by atoms with Gasteiger partial charge in [-0.15, -0.1) is 0 Å². The molecule has 1 aromatic heterocycles. The van der Waals surface area contributed by atoms with E-state index in [9.17, 15) is 8.42 Å². The summed E-state index contributed by atoms with van der Waals surface area (Å²) in [5.41, 5.74) is 0. The fraction of sp³-hybridized carbons (Fsp3) is 0.200. The monoisotopic (exact) mass is 209 g/mol. The highest BCUT2D eigenvalue weighted by atomic mass is 32.2. The van der Waals surface area contributed by atoms with Gasteiger partial charge in [0.15, 0.2) is 0 Å². The average molecular weight is 209 g/mol. The lowest BCUT2D eigenvalue weighted by Gasteiger charge is -1.82. The summed E-state index contributed by atoms with van der Waals surface area (Å²) in [4.78, 5) is 9.00. The molecule has 2 N–H and O–H groups in total. The van der Waals surface area contributed by atoms with Gasteiger partial charge in [-0.05, 0) is 0 Å². The Hall–Kier alpha value is -1.41. The molecule has 1 aromatic rings. The lowest BCUT2D eigenvalue weighted by molar-refractivity contribution is -0.134. The molecule has 0 radical (unpaired) electrons. The predicted octanol–water partition coefficient (Wildman–Crippen LogP) is 0.0122. The first kappa shape index (κ1) is 11.6. The third-order valence-electron chi connectivity index (χ3n) is 0.678. The second kappa shape index (κ2) is 4.58. The van der Waals surface area contributed by atoms with Crippen LogP contribution < -0.4 is 0 Å². The Kier molecular flexibility index (Phi) is 4.08. The van der Waals surface area contributed by atoms with Crippen molar-refractivity contribution in [2.24, 2.45) is 0 Å². The lowest BCUT2D eigenvalue weighted by Crippen LogP contribution is -1.96. The van der Waals surface area contributed by atoms with E-state index in [4.69, 9.17) is 14.5 Å². The Labute approximate surface area is 73.7 Å². The molecule has 0 fully saturated rings. The number of aliphatic carboxylic acids is 1. The fourth-order valence-electron chi connectivity index (χ4n) is 0.335. The smallest absolute Gasteiger partial charge is 0.315 e. The van der Waals surface area contributed by atoms with Crippen molar-refractivity contribution in [2.75, 3.05) is 0 Å². The van der Waals surface area contributed by atoms with Gasteiger partial charge in [0.2, 0.25) is 5.03 Å². The first-order valence-electron chi connectivity index (χ1n) is 2.91. The molecule has 0 bridgehead atoms. The molecular weight excluding hydrogens is 202 g/mol. The highest BCUT2D eigenvalue weighted by Gasteiger charge is 2.11. The molecule has 8 heteroatoms. The molecular formula is C5H7NO6S. The molecule has 1 rings (SSSR count). The Bertz CT molecular complexity index is 348. The summed E-state index contributed by atoms with van der Waals surface area (Å²) in [6, 6.07) is 1.05. The van der Waals surface area contributed by atoms with Crippen molar-refractivity contribution < 1.29 is 27.4 Å². The number of nitrogens with zero attached hydrogens (tertiary/aromatic N) is 1. The van der Waals surface area contributed by atoms with E-state index in [0.29, 0.717) is 0 Å². The molecule has 7 nitrogen and oxygen atoms in total. The van der Waals surface area contributed by atoms with Gasteiger partial charge < -0.3 is 9.63 Å². The second-order valence-corrected chi connectivity index (χ2v) is 3.20. The van der Waals surface area contributed by atoms with Crippen LogP contribution >= 0.6 is 0 Å². The minimum absolute atomic E-state index is 0.470. The van der Waals surface area contributed by atoms with Crippen molar-refractivity contribution in [1.82, 2.24) is 5.16 Å². The van der Waals surface area contributed by atoms with E-state index in [1.807, 2.05) is 0 Å². The van der Waals surface area contributed by atoms with Crippen LogP contribution in [0.4, 0.5) is 0 Å². The minimum Gasteiger partial charge on any atom is -0.481 e. The second-order valence-electron chi connectivity index (χ2n) is 1.83. The highest BCUT2D eigenvalue weighted by Crippen LogP contribution is 2.01. The third kappa shape index (κ3) is 5.82. The van der Waals surface area contributed by atoms with Gasteiger partial charge in [0, 0.05) is 13.0 Å². The molecule has 0 atom stereocenters. The summed E-state index contributed by atoms with van der Waals surface area (Å²) in [6.45, 7) is 1.08. The number of carboxylic acids is 1. The van der Waals surface area contributed by atoms with Crippen molar-refractivity contribution in [3.05, 3.63) is 12.3 Å². The van der Waals surface area contributed by atoms with Crippen LogP contribution in [0.1, 0.15) is 6.92 Å². The van der Waals surface area contributed by atoms with Gasteiger partial charge in [-0.2, -0.15) is 8.42 Å². The Morgan fingerprint density at radius 1 is 1.62 bits per heavy atom. The number of rotatable bonds is 1. The maximum absolute atomic E-state index is 10.1. The molecule has 0 saturated heterocycles. The molecule has 1 heterocycles. The average Bonchev–Trinajstić information content (AvgIpc) is 2.31. The molecule has 0 aliphatic rings. The van der Waals surface area contributed by atoms with Crippen molar-refractivity contribution in [1.29, 1.82) is 0 Å². The van der Waals surface area contributed by atoms with Gasteiger partial charge in [-0.25, -0.2) is 0 Å². The topological polar surface area (TPSA) is 118 Å². The predicted molar refractivity (Wildman–Crippen MR) is 39.6 cm³/mol. The highest BCUT2D eigenvalue weighted by molar-refractivity contribution is 7.85. The van der Waals surface area contributed by atoms with E-state index >= 15 is 0 Å². The summed E-state index contributed by atoms with van der Waals surface area (Å²) in [5, 5.41) is 9.92. The van der Waals surface area contributed by atoms with E-state index in [1.54, 1.807) is 0 Å². The molecule has 0 amide bonds. The van der Waals surface area contributed by atoms with Crippen LogP contribution in [0, 0.1) is 0 Å². The van der Waals surface area contributed by atoms with Gasteiger partial charge in [0.1, 0.15) is 6.26 Å². The summed E-state index contributed by atoms with van der Waals surface area (Å²) < 4.78 is 32.6. The quantitative estimate of drug-likeness (QED) is 0.625. The third-order valence-corrected chi connectivity index (χ3v) is 1.42. The Morgan fingerprint density at radius 3 is 2.23 bits per heavy atom. The SMILES string of the molecule is CC(=O)O.O=S(=O)(O)c1ccon1. The lowest BCUT2D eigenvalue weighted by atomic mass is 10.8. The van der Waals surface area contributed by atoms with Crippen LogP contribution in [-0.2, 0) is 14.9 Å². The van der Waals surface area contributed by atoms with Crippen LogP contribution in [0.5, 0.6) is 0 Å². The summed E-state index contributed by atoms with van der Waals surface area (Å²) in [5.74, 6) is -0.833. The van der Waals surface area contributed by atoms with Crippen LogP contribution in [0.3, 0.4) is 0 Å². The van der Waals surface area contributed by atoms with Crippen LogP contribution in [0.25, 0.3) is 0 Å². The fourth-order valence-corrected chi connectivity index (χ4v) is 0.699. The van der Waals surface area contributed by atoms with E-state index in [0.717, 1.165) is 19.3 Å². The zero-order valence-corrected chi connectivity index (χ0v) is 7.35. The summed E-state index contributed by atoms with van der Waals surface area (Å²) >= 11 is 0. The summed E-state index contributed by atoms with van der Waals surface area (Å²) in [6.07, 6.45) is 1.06. The van der Waals surface area contributed by atoms with E-state index in [2.05, 4.69) is 9.68 Å². The molecule has 0 saturated carbocycles. The minimum atomic E-state index is -4.16. The van der Waals surface area contributed by atoms with E-state index in [-0.39, 0.29) is 0 Å². The van der Waals surface area contributed by atoms with Crippen molar-refractivity contribution >= 4 is 16.1 Å². The number of hydrogen-bond donors (Lipinski definition) is 2. The molecule has 0 spiro atoms. The van der Waals surface area contributed by atoms with Gasteiger partial charge in [0.05, 0.1) is 0 Å². The van der Waals surface area contributed by atoms with Gasteiger partial charge in [-0.1, -0.05) is 5.16 Å². The Morgan fingerprint density at radius 2 is 2.08 bits per heavy atom. The standard InChI is InChI=1S/C3H3NO4S.C2H4O2/c5-9(6,7)3-1-2-8-4-3;1-2(3)4/h1-2H,(H,5,6,7);1H3,(H,3,4). The first-order chi connectivity index (χ1) is 5.84. The van der Waals surface area contributed by atoms with Gasteiger partial charge >= 0.3 is 10.1 Å². The molecule has 13 heavy (non-hydrogen) atoms. The number of carbonyl (C=O) groups is 1. The maximum atomic E-state index is 10.1. The van der Waals surface area contributed by atoms with Crippen molar-refractivity contribution in [2.45, 2.75) is 11.9 Å². The van der Waals surface area contributed by atoms with E-state index < -0.39 is 21.1 Å². The molecule has 0 aliphatic carbocycles. The largest absolute Gasteiger partial charge is 0.481 e. The van der Waals surface area contributed by atoms with Gasteiger partial charge in [-0.3, -0.25) is 9.35 Å². The summed E-state index contributed by atoms with van der Waals surface area (Å²) in [7, 11) is -4.16. The molecule has 0 aliphatic heterocycles. The number of carboxylic acid groups (broad SMARTS) is 1. The maximum Gasteiger partial charge on any atom is 0.315 e. The zero-order valence-electron chi connectivity index (χ0n) is 6.54. The molecule has 0 unspecified atom stereocenters. The number of hydrogen-bond acceptors (Lipinski definition) is 5. The zero-order chi connectivity index (χ0) is 10.5. The number of aromatic nitrogens is 1. The first-order valence-corrected chi connectivity index (χ1v) is 4.35. The molecule has 74 valence electrons. The van der Waals surface area contributed by atoms with Crippen LogP contribution in [0.2, 0.25) is 0 Å². The van der Waals surface area contributed by atoms with Gasteiger partial charge in [0.25, 0.3) is 5.97 Å².